The Bertz CT molecular complexity index is 602. The second-order valence-electron chi connectivity index (χ2n) is 6.21. The van der Waals surface area contributed by atoms with Crippen molar-refractivity contribution in [1.82, 2.24) is 19.6 Å². The average Bonchev–Trinajstić information content (AvgIpc) is 3.13. The molecule has 0 radical (unpaired) electrons. The third-order valence-corrected chi connectivity index (χ3v) is 5.79. The van der Waals surface area contributed by atoms with Gasteiger partial charge in [0.05, 0.1) is 12.1 Å². The molecule has 1 saturated heterocycles. The van der Waals surface area contributed by atoms with Crippen LogP contribution in [0.1, 0.15) is 31.5 Å². The van der Waals surface area contributed by atoms with E-state index in [1.165, 1.54) is 0 Å². The maximum atomic E-state index is 12.5. The van der Waals surface area contributed by atoms with Gasteiger partial charge in [0.1, 0.15) is 5.82 Å². The number of fused-ring (bicyclic) bond motifs is 1. The van der Waals surface area contributed by atoms with Gasteiger partial charge in [-0.25, -0.2) is 18.1 Å². The first-order valence-corrected chi connectivity index (χ1v) is 9.33. The van der Waals surface area contributed by atoms with Crippen molar-refractivity contribution in [2.24, 2.45) is 0 Å². The normalized spacial score (nSPS) is 24.2. The number of sulfonamides is 1. The van der Waals surface area contributed by atoms with Gasteiger partial charge in [-0.05, 0) is 32.2 Å². The Morgan fingerprint density at radius 3 is 2.91 bits per heavy atom. The van der Waals surface area contributed by atoms with Gasteiger partial charge in [0.25, 0.3) is 10.0 Å². The van der Waals surface area contributed by atoms with E-state index in [4.69, 9.17) is 4.74 Å². The van der Waals surface area contributed by atoms with Crippen LogP contribution in [0.4, 0.5) is 0 Å². The molecule has 132 valence electrons. The van der Waals surface area contributed by atoms with Crippen molar-refractivity contribution in [2.75, 3.05) is 26.8 Å². The molecule has 0 aromatic carbocycles. The van der Waals surface area contributed by atoms with E-state index < -0.39 is 10.0 Å². The van der Waals surface area contributed by atoms with Crippen molar-refractivity contribution < 1.29 is 13.2 Å². The number of ether oxygens (including phenoxy) is 1. The summed E-state index contributed by atoms with van der Waals surface area (Å²) in [6.07, 6.45) is 6.60. The molecule has 0 spiro atoms. The molecule has 1 aromatic heterocycles. The zero-order valence-electron chi connectivity index (χ0n) is 13.4. The fourth-order valence-electron chi connectivity index (χ4n) is 3.29. The minimum absolute atomic E-state index is 0. The Morgan fingerprint density at radius 1 is 1.43 bits per heavy atom. The summed E-state index contributed by atoms with van der Waals surface area (Å²) in [6.45, 7) is 2.57. The van der Waals surface area contributed by atoms with E-state index in [0.717, 1.165) is 51.0 Å². The Hall–Kier alpha value is -0.670. The topological polar surface area (TPSA) is 85.2 Å². The van der Waals surface area contributed by atoms with Crippen LogP contribution in [0.2, 0.25) is 0 Å². The highest BCUT2D eigenvalue weighted by atomic mass is 35.5. The van der Waals surface area contributed by atoms with Crippen LogP contribution in [-0.2, 0) is 27.7 Å². The van der Waals surface area contributed by atoms with Gasteiger partial charge >= 0.3 is 0 Å². The monoisotopic (exact) mass is 364 g/mol. The van der Waals surface area contributed by atoms with E-state index in [2.05, 4.69) is 15.0 Å². The zero-order chi connectivity index (χ0) is 15.6. The Morgan fingerprint density at radius 2 is 2.26 bits per heavy atom. The van der Waals surface area contributed by atoms with Crippen molar-refractivity contribution >= 4 is 22.4 Å². The van der Waals surface area contributed by atoms with E-state index in [0.29, 0.717) is 13.2 Å². The van der Waals surface area contributed by atoms with E-state index >= 15 is 0 Å². The average molecular weight is 365 g/mol. The predicted molar refractivity (Wildman–Crippen MR) is 89.4 cm³/mol. The van der Waals surface area contributed by atoms with E-state index in [9.17, 15) is 8.42 Å². The first-order valence-electron chi connectivity index (χ1n) is 7.84. The lowest BCUT2D eigenvalue weighted by atomic mass is 9.99. The summed E-state index contributed by atoms with van der Waals surface area (Å²) in [5.41, 5.74) is -0.304. The third-order valence-electron chi connectivity index (χ3n) is 4.52. The molecule has 1 unspecified atom stereocenters. The highest BCUT2D eigenvalue weighted by Gasteiger charge is 2.35. The number of nitrogens with zero attached hydrogens (tertiary/aromatic N) is 2. The second-order valence-corrected chi connectivity index (χ2v) is 7.93. The van der Waals surface area contributed by atoms with Gasteiger partial charge in [0, 0.05) is 32.8 Å². The van der Waals surface area contributed by atoms with Crippen LogP contribution in [-0.4, -0.2) is 50.3 Å². The quantitative estimate of drug-likeness (QED) is 0.775. The maximum Gasteiger partial charge on any atom is 0.259 e. The van der Waals surface area contributed by atoms with Gasteiger partial charge in [0.2, 0.25) is 0 Å². The van der Waals surface area contributed by atoms with Gasteiger partial charge < -0.3 is 14.6 Å². The number of hydrogen-bond donors (Lipinski definition) is 2. The summed E-state index contributed by atoms with van der Waals surface area (Å²) in [7, 11) is -1.94. The summed E-state index contributed by atoms with van der Waals surface area (Å²) >= 11 is 0. The number of nitrogens with one attached hydrogen (secondary N) is 2. The van der Waals surface area contributed by atoms with Crippen LogP contribution in [0, 0.1) is 0 Å². The molecule has 23 heavy (non-hydrogen) atoms. The van der Waals surface area contributed by atoms with Gasteiger partial charge in [-0.1, -0.05) is 0 Å². The molecule has 3 heterocycles. The first kappa shape index (κ1) is 18.7. The number of methoxy groups -OCH3 is 1. The second kappa shape index (κ2) is 7.48. The summed E-state index contributed by atoms with van der Waals surface area (Å²) in [5, 5.41) is 3.50. The molecular formula is C14H25ClN4O3S. The van der Waals surface area contributed by atoms with Crippen LogP contribution >= 0.6 is 12.4 Å². The molecule has 2 aliphatic rings. The molecule has 9 heteroatoms. The van der Waals surface area contributed by atoms with Gasteiger partial charge in [-0.15, -0.1) is 12.4 Å². The number of halogens is 1. The third kappa shape index (κ3) is 4.06. The standard InChI is InChI=1S/C14H24N4O3S.ClH/c1-21-11-14(6-4-7-15-14)10-16-22(19,20)13-9-18-8-3-2-5-12(18)17-13;/h9,15-16H,2-8,10-11H2,1H3;1H. The molecular weight excluding hydrogens is 340 g/mol. The lowest BCUT2D eigenvalue weighted by molar-refractivity contribution is 0.122. The molecule has 1 atom stereocenters. The number of aromatic nitrogens is 2. The summed E-state index contributed by atoms with van der Waals surface area (Å²) in [4.78, 5) is 4.30. The summed E-state index contributed by atoms with van der Waals surface area (Å²) in [6, 6.07) is 0. The Kier molecular flexibility index (Phi) is 6.07. The van der Waals surface area contributed by atoms with Crippen LogP contribution in [0.3, 0.4) is 0 Å². The number of aryl methyl sites for hydroxylation is 2. The number of rotatable bonds is 6. The number of hydrogen-bond acceptors (Lipinski definition) is 5. The highest BCUT2D eigenvalue weighted by molar-refractivity contribution is 7.89. The highest BCUT2D eigenvalue weighted by Crippen LogP contribution is 2.21. The fraction of sp³-hybridized carbons (Fsp3) is 0.786. The van der Waals surface area contributed by atoms with Crippen LogP contribution in [0.15, 0.2) is 11.2 Å². The molecule has 1 fully saturated rings. The molecule has 2 aliphatic heterocycles. The van der Waals surface area contributed by atoms with Crippen molar-refractivity contribution in [2.45, 2.75) is 49.2 Å². The largest absolute Gasteiger partial charge is 0.383 e. The van der Waals surface area contributed by atoms with E-state index in [1.54, 1.807) is 13.3 Å². The molecule has 0 saturated carbocycles. The van der Waals surface area contributed by atoms with E-state index in [1.807, 2.05) is 4.57 Å². The van der Waals surface area contributed by atoms with Crippen molar-refractivity contribution in [3.05, 3.63) is 12.0 Å². The molecule has 7 nitrogen and oxygen atoms in total. The van der Waals surface area contributed by atoms with Gasteiger partial charge in [-0.2, -0.15) is 0 Å². The SMILES string of the molecule is COCC1(CNS(=O)(=O)c2cn3c(n2)CCCC3)CCCN1.Cl. The first-order chi connectivity index (χ1) is 10.5. The maximum absolute atomic E-state index is 12.5. The van der Waals surface area contributed by atoms with Gasteiger partial charge in [-0.3, -0.25) is 0 Å². The molecule has 0 aliphatic carbocycles. The molecule has 0 amide bonds. The molecule has 3 rings (SSSR count). The van der Waals surface area contributed by atoms with Crippen molar-refractivity contribution in [3.63, 3.8) is 0 Å². The summed E-state index contributed by atoms with van der Waals surface area (Å²) < 4.78 is 34.9. The summed E-state index contributed by atoms with van der Waals surface area (Å²) in [5.74, 6) is 0.872. The zero-order valence-corrected chi connectivity index (χ0v) is 15.0. The van der Waals surface area contributed by atoms with Crippen molar-refractivity contribution in [3.8, 4) is 0 Å². The Labute approximate surface area is 143 Å². The molecule has 1 aromatic rings. The minimum atomic E-state index is -3.58. The lowest BCUT2D eigenvalue weighted by Crippen LogP contribution is -2.52. The minimum Gasteiger partial charge on any atom is -0.383 e. The fourth-order valence-corrected chi connectivity index (χ4v) is 4.40. The van der Waals surface area contributed by atoms with Crippen LogP contribution in [0.5, 0.6) is 0 Å². The molecule has 0 bridgehead atoms. The van der Waals surface area contributed by atoms with E-state index in [-0.39, 0.29) is 23.0 Å². The van der Waals surface area contributed by atoms with Crippen LogP contribution in [0.25, 0.3) is 0 Å². The lowest BCUT2D eigenvalue weighted by Gasteiger charge is -2.28. The number of imidazole rings is 1. The van der Waals surface area contributed by atoms with Crippen LogP contribution < -0.4 is 10.0 Å². The predicted octanol–water partition coefficient (Wildman–Crippen LogP) is 0.688. The smallest absolute Gasteiger partial charge is 0.259 e. The molecule has 2 N–H and O–H groups in total. The Balaban J connectivity index is 0.00000192. The van der Waals surface area contributed by atoms with Crippen molar-refractivity contribution in [1.29, 1.82) is 0 Å². The van der Waals surface area contributed by atoms with Gasteiger partial charge in [0.15, 0.2) is 5.03 Å².